The molecule has 1 aliphatic rings. The summed E-state index contributed by atoms with van der Waals surface area (Å²) in [7, 11) is 0. The quantitative estimate of drug-likeness (QED) is 0.710. The summed E-state index contributed by atoms with van der Waals surface area (Å²) in [5.41, 5.74) is 2.40. The fourth-order valence-electron chi connectivity index (χ4n) is 3.62. The molecule has 0 aromatic heterocycles. The first kappa shape index (κ1) is 20.8. The van der Waals surface area contributed by atoms with Crippen molar-refractivity contribution in [3.63, 3.8) is 0 Å². The molecule has 5 nitrogen and oxygen atoms in total. The Labute approximate surface area is 171 Å². The number of benzene rings is 2. The summed E-state index contributed by atoms with van der Waals surface area (Å²) in [6, 6.07) is 13.1. The van der Waals surface area contributed by atoms with E-state index in [4.69, 9.17) is 0 Å². The number of hydrogen-bond acceptors (Lipinski definition) is 3. The monoisotopic (exact) mass is 397 g/mol. The summed E-state index contributed by atoms with van der Waals surface area (Å²) in [6.07, 6.45) is 3.70. The van der Waals surface area contributed by atoms with Crippen molar-refractivity contribution in [3.05, 3.63) is 59.9 Å². The molecule has 1 fully saturated rings. The van der Waals surface area contributed by atoms with E-state index in [9.17, 15) is 14.0 Å². The number of hydrogen-bond donors (Lipinski definition) is 2. The Morgan fingerprint density at radius 2 is 1.86 bits per heavy atom. The van der Waals surface area contributed by atoms with E-state index in [0.29, 0.717) is 12.0 Å². The first-order valence-electron chi connectivity index (χ1n) is 10.2. The minimum absolute atomic E-state index is 0.0374. The Morgan fingerprint density at radius 1 is 1.10 bits per heavy atom. The second-order valence-electron chi connectivity index (χ2n) is 7.45. The van der Waals surface area contributed by atoms with Gasteiger partial charge in [-0.2, -0.15) is 0 Å². The number of nitrogens with one attached hydrogen (secondary N) is 2. The highest BCUT2D eigenvalue weighted by atomic mass is 19.1. The SMILES string of the molecule is CCCC(NC(=O)Cc1cccc(F)c1)C(=O)Nc1cccc(N2CCCC2)c1. The lowest BCUT2D eigenvalue weighted by Crippen LogP contribution is -2.44. The summed E-state index contributed by atoms with van der Waals surface area (Å²) in [5, 5.41) is 5.72. The highest BCUT2D eigenvalue weighted by molar-refractivity contribution is 5.97. The van der Waals surface area contributed by atoms with Crippen molar-refractivity contribution in [1.29, 1.82) is 0 Å². The van der Waals surface area contributed by atoms with Crippen molar-refractivity contribution in [2.45, 2.75) is 45.1 Å². The lowest BCUT2D eigenvalue weighted by Gasteiger charge is -2.20. The van der Waals surface area contributed by atoms with Crippen LogP contribution in [0.2, 0.25) is 0 Å². The van der Waals surface area contributed by atoms with Crippen LogP contribution < -0.4 is 15.5 Å². The van der Waals surface area contributed by atoms with Gasteiger partial charge < -0.3 is 15.5 Å². The number of carbonyl (C=O) groups excluding carboxylic acids is 2. The van der Waals surface area contributed by atoms with Gasteiger partial charge in [-0.05, 0) is 55.2 Å². The molecule has 2 amide bonds. The van der Waals surface area contributed by atoms with E-state index in [1.54, 1.807) is 12.1 Å². The van der Waals surface area contributed by atoms with Crippen LogP contribution in [0.15, 0.2) is 48.5 Å². The molecule has 1 saturated heterocycles. The van der Waals surface area contributed by atoms with E-state index in [2.05, 4.69) is 15.5 Å². The standard InChI is InChI=1S/C23H28FN3O2/c1-2-7-21(26-22(28)15-17-8-5-9-18(24)14-17)23(29)25-19-10-6-11-20(16-19)27-12-3-4-13-27/h5-6,8-11,14,16,21H,2-4,7,12-13,15H2,1H3,(H,25,29)(H,26,28). The summed E-state index contributed by atoms with van der Waals surface area (Å²) >= 11 is 0. The highest BCUT2D eigenvalue weighted by Gasteiger charge is 2.21. The Morgan fingerprint density at radius 3 is 2.59 bits per heavy atom. The van der Waals surface area contributed by atoms with Gasteiger partial charge in [-0.15, -0.1) is 0 Å². The summed E-state index contributed by atoms with van der Waals surface area (Å²) in [5.74, 6) is -0.913. The van der Waals surface area contributed by atoms with Gasteiger partial charge in [0, 0.05) is 24.5 Å². The average molecular weight is 397 g/mol. The third-order valence-corrected chi connectivity index (χ3v) is 5.07. The smallest absolute Gasteiger partial charge is 0.246 e. The second-order valence-corrected chi connectivity index (χ2v) is 7.45. The van der Waals surface area contributed by atoms with Crippen LogP contribution in [-0.4, -0.2) is 30.9 Å². The van der Waals surface area contributed by atoms with Gasteiger partial charge in [0.1, 0.15) is 11.9 Å². The molecule has 1 aliphatic heterocycles. The minimum atomic E-state index is -0.628. The first-order chi connectivity index (χ1) is 14.0. The molecule has 6 heteroatoms. The van der Waals surface area contributed by atoms with Crippen LogP contribution in [-0.2, 0) is 16.0 Å². The van der Waals surface area contributed by atoms with Crippen molar-refractivity contribution in [3.8, 4) is 0 Å². The topological polar surface area (TPSA) is 61.4 Å². The van der Waals surface area contributed by atoms with E-state index in [-0.39, 0.29) is 24.1 Å². The molecule has 1 unspecified atom stereocenters. The maximum Gasteiger partial charge on any atom is 0.246 e. The molecule has 0 spiro atoms. The fraction of sp³-hybridized carbons (Fsp3) is 0.391. The molecular formula is C23H28FN3O2. The van der Waals surface area contributed by atoms with Crippen LogP contribution in [0.4, 0.5) is 15.8 Å². The van der Waals surface area contributed by atoms with Crippen molar-refractivity contribution >= 4 is 23.2 Å². The Balaban J connectivity index is 1.61. The third kappa shape index (κ3) is 6.04. The molecule has 2 N–H and O–H groups in total. The second kappa shape index (κ2) is 10.0. The molecule has 1 atom stereocenters. The van der Waals surface area contributed by atoms with E-state index >= 15 is 0 Å². The minimum Gasteiger partial charge on any atom is -0.371 e. The zero-order valence-corrected chi connectivity index (χ0v) is 16.8. The highest BCUT2D eigenvalue weighted by Crippen LogP contribution is 2.23. The zero-order chi connectivity index (χ0) is 20.6. The Hall–Kier alpha value is -2.89. The van der Waals surface area contributed by atoms with Crippen LogP contribution in [0.3, 0.4) is 0 Å². The number of carbonyl (C=O) groups is 2. The van der Waals surface area contributed by atoms with Crippen LogP contribution in [0, 0.1) is 5.82 Å². The molecule has 0 bridgehead atoms. The van der Waals surface area contributed by atoms with Crippen LogP contribution in [0.25, 0.3) is 0 Å². The molecule has 2 aromatic rings. The summed E-state index contributed by atoms with van der Waals surface area (Å²) in [4.78, 5) is 27.5. The molecular weight excluding hydrogens is 369 g/mol. The molecule has 2 aromatic carbocycles. The van der Waals surface area contributed by atoms with Crippen molar-refractivity contribution < 1.29 is 14.0 Å². The first-order valence-corrected chi connectivity index (χ1v) is 10.2. The maximum absolute atomic E-state index is 13.3. The van der Waals surface area contributed by atoms with Gasteiger partial charge in [-0.1, -0.05) is 31.5 Å². The molecule has 0 saturated carbocycles. The van der Waals surface area contributed by atoms with Gasteiger partial charge >= 0.3 is 0 Å². The van der Waals surface area contributed by atoms with Gasteiger partial charge in [0.05, 0.1) is 6.42 Å². The third-order valence-electron chi connectivity index (χ3n) is 5.07. The molecule has 154 valence electrons. The van der Waals surface area contributed by atoms with Crippen LogP contribution in [0.5, 0.6) is 0 Å². The number of rotatable bonds is 8. The van der Waals surface area contributed by atoms with E-state index in [1.807, 2.05) is 31.2 Å². The van der Waals surface area contributed by atoms with Crippen molar-refractivity contribution in [1.82, 2.24) is 5.32 Å². The van der Waals surface area contributed by atoms with Gasteiger partial charge in [-0.25, -0.2) is 4.39 Å². The maximum atomic E-state index is 13.3. The zero-order valence-electron chi connectivity index (χ0n) is 16.8. The number of nitrogens with zero attached hydrogens (tertiary/aromatic N) is 1. The number of anilines is 2. The average Bonchev–Trinajstić information content (AvgIpc) is 3.23. The normalized spacial score (nSPS) is 14.5. The lowest BCUT2D eigenvalue weighted by molar-refractivity contribution is -0.126. The molecule has 29 heavy (non-hydrogen) atoms. The number of amides is 2. The lowest BCUT2D eigenvalue weighted by atomic mass is 10.1. The van der Waals surface area contributed by atoms with E-state index in [1.165, 1.54) is 25.0 Å². The van der Waals surface area contributed by atoms with Crippen molar-refractivity contribution in [2.24, 2.45) is 0 Å². The Bertz CT molecular complexity index is 850. The fourth-order valence-corrected chi connectivity index (χ4v) is 3.62. The molecule has 1 heterocycles. The van der Waals surface area contributed by atoms with Gasteiger partial charge in [0.2, 0.25) is 11.8 Å². The molecule has 3 rings (SSSR count). The predicted molar refractivity (Wildman–Crippen MR) is 113 cm³/mol. The van der Waals surface area contributed by atoms with Crippen LogP contribution >= 0.6 is 0 Å². The summed E-state index contributed by atoms with van der Waals surface area (Å²) in [6.45, 7) is 4.03. The molecule has 0 radical (unpaired) electrons. The van der Waals surface area contributed by atoms with E-state index in [0.717, 1.165) is 30.9 Å². The largest absolute Gasteiger partial charge is 0.371 e. The molecule has 0 aliphatic carbocycles. The van der Waals surface area contributed by atoms with Gasteiger partial charge in [0.25, 0.3) is 0 Å². The summed E-state index contributed by atoms with van der Waals surface area (Å²) < 4.78 is 13.3. The van der Waals surface area contributed by atoms with Gasteiger partial charge in [0.15, 0.2) is 0 Å². The predicted octanol–water partition coefficient (Wildman–Crippen LogP) is 3.89. The number of halogens is 1. The van der Waals surface area contributed by atoms with Crippen LogP contribution in [0.1, 0.15) is 38.2 Å². The van der Waals surface area contributed by atoms with Crippen molar-refractivity contribution in [2.75, 3.05) is 23.3 Å². The van der Waals surface area contributed by atoms with Gasteiger partial charge in [-0.3, -0.25) is 9.59 Å². The Kier molecular flexibility index (Phi) is 7.22. The van der Waals surface area contributed by atoms with E-state index < -0.39 is 6.04 Å².